The van der Waals surface area contributed by atoms with Crippen LogP contribution in [0.4, 0.5) is 10.1 Å². The Bertz CT molecular complexity index is 1090. The molecule has 0 saturated carbocycles. The maximum atomic E-state index is 13.6. The Morgan fingerprint density at radius 2 is 1.93 bits per heavy atom. The van der Waals surface area contributed by atoms with E-state index in [1.165, 1.54) is 43.3 Å². The van der Waals surface area contributed by atoms with Crippen molar-refractivity contribution in [3.05, 3.63) is 75.4 Å². The van der Waals surface area contributed by atoms with Crippen LogP contribution in [-0.4, -0.2) is 18.0 Å². The van der Waals surface area contributed by atoms with Crippen LogP contribution in [0.3, 0.4) is 0 Å². The van der Waals surface area contributed by atoms with Crippen molar-refractivity contribution in [3.8, 4) is 0 Å². The molecule has 1 atom stereocenters. The number of para-hydroxylation sites is 1. The second-order valence-electron chi connectivity index (χ2n) is 5.63. The van der Waals surface area contributed by atoms with Gasteiger partial charge in [0.1, 0.15) is 11.4 Å². The lowest BCUT2D eigenvalue weighted by atomic mass is 10.2. The molecule has 0 radical (unpaired) electrons. The number of amides is 1. The van der Waals surface area contributed by atoms with Gasteiger partial charge in [0.15, 0.2) is 11.5 Å². The summed E-state index contributed by atoms with van der Waals surface area (Å²) in [6.07, 6.45) is -1.25. The standard InChI is InChI=1S/C19H13ClFNO5/c1-10(18(24)22-14-5-3-2-4-13(14)21)26-19(25)17-9-15(23)12-8-11(20)6-7-16(12)27-17/h2-10H,1H3,(H,22,24)/t10-/m0/s1. The number of benzene rings is 2. The number of carbonyl (C=O) groups is 2. The Labute approximate surface area is 157 Å². The van der Waals surface area contributed by atoms with Gasteiger partial charge in [0, 0.05) is 11.1 Å². The molecule has 3 aromatic rings. The summed E-state index contributed by atoms with van der Waals surface area (Å²) in [5.74, 6) is -2.72. The Morgan fingerprint density at radius 3 is 2.67 bits per heavy atom. The first kappa shape index (κ1) is 18.6. The van der Waals surface area contributed by atoms with Crippen molar-refractivity contribution in [2.75, 3.05) is 5.32 Å². The number of rotatable bonds is 4. The summed E-state index contributed by atoms with van der Waals surface area (Å²) < 4.78 is 23.9. The van der Waals surface area contributed by atoms with Crippen LogP contribution in [0.2, 0.25) is 5.02 Å². The first-order valence-electron chi connectivity index (χ1n) is 7.85. The number of fused-ring (bicyclic) bond motifs is 1. The van der Waals surface area contributed by atoms with E-state index >= 15 is 0 Å². The largest absolute Gasteiger partial charge is 0.449 e. The predicted octanol–water partition coefficient (Wildman–Crippen LogP) is 3.77. The van der Waals surface area contributed by atoms with Crippen LogP contribution in [0.15, 0.2) is 57.7 Å². The monoisotopic (exact) mass is 389 g/mol. The Hall–Kier alpha value is -3.19. The van der Waals surface area contributed by atoms with Crippen molar-refractivity contribution in [2.45, 2.75) is 13.0 Å². The summed E-state index contributed by atoms with van der Waals surface area (Å²) >= 11 is 5.83. The summed E-state index contributed by atoms with van der Waals surface area (Å²) in [7, 11) is 0. The van der Waals surface area contributed by atoms with E-state index in [1.54, 1.807) is 6.07 Å². The molecule has 27 heavy (non-hydrogen) atoms. The Balaban J connectivity index is 1.75. The average molecular weight is 390 g/mol. The van der Waals surface area contributed by atoms with E-state index in [4.69, 9.17) is 20.8 Å². The third-order valence-electron chi connectivity index (χ3n) is 3.68. The fraction of sp³-hybridized carbons (Fsp3) is 0.105. The smallest absolute Gasteiger partial charge is 0.375 e. The van der Waals surface area contributed by atoms with E-state index in [0.29, 0.717) is 5.02 Å². The third-order valence-corrected chi connectivity index (χ3v) is 3.91. The average Bonchev–Trinajstić information content (AvgIpc) is 2.63. The van der Waals surface area contributed by atoms with E-state index in [9.17, 15) is 18.8 Å². The van der Waals surface area contributed by atoms with Gasteiger partial charge in [0.25, 0.3) is 5.91 Å². The Morgan fingerprint density at radius 1 is 1.19 bits per heavy atom. The van der Waals surface area contributed by atoms with E-state index in [1.807, 2.05) is 0 Å². The molecule has 8 heteroatoms. The lowest BCUT2D eigenvalue weighted by Crippen LogP contribution is -2.30. The number of hydrogen-bond donors (Lipinski definition) is 1. The van der Waals surface area contributed by atoms with Crippen molar-refractivity contribution >= 4 is 40.1 Å². The number of hydrogen-bond acceptors (Lipinski definition) is 5. The summed E-state index contributed by atoms with van der Waals surface area (Å²) in [6.45, 7) is 1.31. The number of anilines is 1. The molecule has 138 valence electrons. The zero-order valence-corrected chi connectivity index (χ0v) is 14.7. The molecule has 0 fully saturated rings. The number of halogens is 2. The summed E-state index contributed by atoms with van der Waals surface area (Å²) in [6, 6.07) is 10.9. The number of nitrogens with one attached hydrogen (secondary N) is 1. The topological polar surface area (TPSA) is 85.6 Å². The Kier molecular flexibility index (Phi) is 5.23. The second-order valence-corrected chi connectivity index (χ2v) is 6.07. The minimum atomic E-state index is -1.25. The van der Waals surface area contributed by atoms with Crippen LogP contribution >= 0.6 is 11.6 Å². The van der Waals surface area contributed by atoms with Crippen LogP contribution in [0.5, 0.6) is 0 Å². The van der Waals surface area contributed by atoms with Gasteiger partial charge in [-0.15, -0.1) is 0 Å². The van der Waals surface area contributed by atoms with Gasteiger partial charge in [-0.05, 0) is 37.3 Å². The lowest BCUT2D eigenvalue weighted by molar-refractivity contribution is -0.123. The van der Waals surface area contributed by atoms with Crippen LogP contribution in [0.25, 0.3) is 11.0 Å². The summed E-state index contributed by atoms with van der Waals surface area (Å²) in [4.78, 5) is 36.4. The van der Waals surface area contributed by atoms with E-state index in [0.717, 1.165) is 6.07 Å². The van der Waals surface area contributed by atoms with Gasteiger partial charge in [0.05, 0.1) is 11.1 Å². The molecule has 2 aromatic carbocycles. The molecule has 1 N–H and O–H groups in total. The molecule has 6 nitrogen and oxygen atoms in total. The van der Waals surface area contributed by atoms with E-state index < -0.39 is 29.2 Å². The molecule has 1 aromatic heterocycles. The van der Waals surface area contributed by atoms with Crippen molar-refractivity contribution in [2.24, 2.45) is 0 Å². The van der Waals surface area contributed by atoms with Crippen LogP contribution in [0, 0.1) is 5.82 Å². The summed E-state index contributed by atoms with van der Waals surface area (Å²) in [5, 5.41) is 2.88. The quantitative estimate of drug-likeness (QED) is 0.686. The normalized spacial score (nSPS) is 11.8. The zero-order chi connectivity index (χ0) is 19.6. The molecule has 0 aliphatic carbocycles. The van der Waals surface area contributed by atoms with Gasteiger partial charge in [0.2, 0.25) is 5.76 Å². The van der Waals surface area contributed by atoms with Gasteiger partial charge >= 0.3 is 5.97 Å². The van der Waals surface area contributed by atoms with Gasteiger partial charge in [-0.1, -0.05) is 23.7 Å². The first-order chi connectivity index (χ1) is 12.8. The molecular weight excluding hydrogens is 377 g/mol. The van der Waals surface area contributed by atoms with Crippen molar-refractivity contribution in [1.82, 2.24) is 0 Å². The number of carbonyl (C=O) groups excluding carboxylic acids is 2. The highest BCUT2D eigenvalue weighted by atomic mass is 35.5. The van der Waals surface area contributed by atoms with E-state index in [-0.39, 0.29) is 22.4 Å². The molecule has 3 rings (SSSR count). The van der Waals surface area contributed by atoms with Gasteiger partial charge in [-0.3, -0.25) is 9.59 Å². The summed E-state index contributed by atoms with van der Waals surface area (Å²) in [5.41, 5.74) is -0.365. The SMILES string of the molecule is C[C@H](OC(=O)c1cc(=O)c2cc(Cl)ccc2o1)C(=O)Nc1ccccc1F. The highest BCUT2D eigenvalue weighted by Crippen LogP contribution is 2.18. The van der Waals surface area contributed by atoms with Crippen molar-refractivity contribution in [1.29, 1.82) is 0 Å². The fourth-order valence-corrected chi connectivity index (χ4v) is 2.47. The number of esters is 1. The van der Waals surface area contributed by atoms with Crippen LogP contribution in [0.1, 0.15) is 17.5 Å². The lowest BCUT2D eigenvalue weighted by Gasteiger charge is -2.13. The second kappa shape index (κ2) is 7.59. The molecule has 1 amide bonds. The first-order valence-corrected chi connectivity index (χ1v) is 8.23. The van der Waals surface area contributed by atoms with Crippen LogP contribution in [-0.2, 0) is 9.53 Å². The van der Waals surface area contributed by atoms with Gasteiger partial charge in [-0.2, -0.15) is 0 Å². The maximum Gasteiger partial charge on any atom is 0.375 e. The minimum absolute atomic E-state index is 0.0421. The predicted molar refractivity (Wildman–Crippen MR) is 97.4 cm³/mol. The van der Waals surface area contributed by atoms with Gasteiger partial charge in [-0.25, -0.2) is 9.18 Å². The number of ether oxygens (including phenoxy) is 1. The van der Waals surface area contributed by atoms with Crippen molar-refractivity contribution < 1.29 is 23.1 Å². The van der Waals surface area contributed by atoms with E-state index in [2.05, 4.69) is 5.32 Å². The molecule has 0 saturated heterocycles. The molecule has 1 heterocycles. The fourth-order valence-electron chi connectivity index (χ4n) is 2.30. The van der Waals surface area contributed by atoms with Gasteiger partial charge < -0.3 is 14.5 Å². The molecule has 0 unspecified atom stereocenters. The highest BCUT2D eigenvalue weighted by molar-refractivity contribution is 6.31. The maximum absolute atomic E-state index is 13.6. The molecule has 0 aliphatic heterocycles. The zero-order valence-electron chi connectivity index (χ0n) is 14.0. The third kappa shape index (κ3) is 4.15. The van der Waals surface area contributed by atoms with Crippen molar-refractivity contribution in [3.63, 3.8) is 0 Å². The molecule has 0 bridgehead atoms. The molecular formula is C19H13ClFNO5. The molecule has 0 aliphatic rings. The minimum Gasteiger partial charge on any atom is -0.449 e. The van der Waals surface area contributed by atoms with Crippen LogP contribution < -0.4 is 10.7 Å². The highest BCUT2D eigenvalue weighted by Gasteiger charge is 2.22. The molecule has 0 spiro atoms.